The van der Waals surface area contributed by atoms with Gasteiger partial charge in [0.2, 0.25) is 0 Å². The molecule has 0 atom stereocenters. The molecular formula is C24H19ClN4O4S2. The lowest BCUT2D eigenvalue weighted by Crippen LogP contribution is -2.24. The van der Waals surface area contributed by atoms with Crippen LogP contribution in [0.1, 0.15) is 22.4 Å². The Morgan fingerprint density at radius 1 is 1.20 bits per heavy atom. The molecule has 3 N–H and O–H groups in total. The Morgan fingerprint density at radius 2 is 2.00 bits per heavy atom. The van der Waals surface area contributed by atoms with Crippen LogP contribution < -0.4 is 11.0 Å². The molecule has 2 aromatic heterocycles. The SMILES string of the molecule is O=C(CSc1nc2sc3c(c2c(=O)n1-c1ccc(Cl)cc1)CCC3)N/N=C/c1ccc(O)c(O)c1. The van der Waals surface area contributed by atoms with E-state index >= 15 is 0 Å². The number of aromatic hydroxyl groups is 2. The molecule has 0 fully saturated rings. The Kier molecular flexibility index (Phi) is 6.50. The van der Waals surface area contributed by atoms with Gasteiger partial charge < -0.3 is 10.2 Å². The van der Waals surface area contributed by atoms with Crippen molar-refractivity contribution in [3.8, 4) is 17.2 Å². The summed E-state index contributed by atoms with van der Waals surface area (Å²) in [6.45, 7) is 0. The largest absolute Gasteiger partial charge is 0.504 e. The maximum atomic E-state index is 13.6. The van der Waals surface area contributed by atoms with Gasteiger partial charge in [0.05, 0.1) is 23.0 Å². The van der Waals surface area contributed by atoms with E-state index in [1.54, 1.807) is 41.7 Å². The second-order valence-corrected chi connectivity index (χ2v) is 10.3. The molecule has 0 spiro atoms. The zero-order valence-corrected chi connectivity index (χ0v) is 20.6. The van der Waals surface area contributed by atoms with Crippen LogP contribution in [0.2, 0.25) is 5.02 Å². The van der Waals surface area contributed by atoms with Crippen molar-refractivity contribution >= 4 is 57.0 Å². The van der Waals surface area contributed by atoms with Crippen LogP contribution in [0.25, 0.3) is 15.9 Å². The summed E-state index contributed by atoms with van der Waals surface area (Å²) in [4.78, 5) is 32.7. The molecule has 8 nitrogen and oxygen atoms in total. The monoisotopic (exact) mass is 526 g/mol. The van der Waals surface area contributed by atoms with Crippen LogP contribution in [-0.2, 0) is 17.6 Å². The number of hydrogen-bond acceptors (Lipinski definition) is 8. The van der Waals surface area contributed by atoms with Crippen molar-refractivity contribution in [3.63, 3.8) is 0 Å². The number of nitrogens with one attached hydrogen (secondary N) is 1. The third-order valence-corrected chi connectivity index (χ3v) is 7.90. The van der Waals surface area contributed by atoms with Gasteiger partial charge in [0, 0.05) is 9.90 Å². The Morgan fingerprint density at radius 3 is 2.77 bits per heavy atom. The smallest absolute Gasteiger partial charge is 0.267 e. The number of carbonyl (C=O) groups is 1. The number of thiophene rings is 1. The summed E-state index contributed by atoms with van der Waals surface area (Å²) >= 11 is 8.73. The zero-order valence-electron chi connectivity index (χ0n) is 18.2. The molecule has 1 aliphatic carbocycles. The molecule has 1 amide bonds. The first-order chi connectivity index (χ1) is 16.9. The number of benzene rings is 2. The number of rotatable bonds is 6. The average Bonchev–Trinajstić information content (AvgIpc) is 3.42. The van der Waals surface area contributed by atoms with Crippen LogP contribution in [0.15, 0.2) is 57.5 Å². The van der Waals surface area contributed by atoms with Crippen molar-refractivity contribution in [2.75, 3.05) is 5.75 Å². The lowest BCUT2D eigenvalue weighted by molar-refractivity contribution is -0.118. The quantitative estimate of drug-likeness (QED) is 0.114. The van der Waals surface area contributed by atoms with Gasteiger partial charge in [-0.15, -0.1) is 11.3 Å². The number of phenols is 2. The van der Waals surface area contributed by atoms with E-state index < -0.39 is 0 Å². The molecule has 35 heavy (non-hydrogen) atoms. The van der Waals surface area contributed by atoms with E-state index in [1.807, 2.05) is 0 Å². The molecule has 178 valence electrons. The molecule has 0 bridgehead atoms. The first kappa shape index (κ1) is 23.4. The zero-order chi connectivity index (χ0) is 24.5. The van der Waals surface area contributed by atoms with E-state index in [1.165, 1.54) is 27.8 Å². The number of carbonyl (C=O) groups excluding carboxylic acids is 1. The fourth-order valence-corrected chi connectivity index (χ4v) is 6.13. The van der Waals surface area contributed by atoms with Crippen molar-refractivity contribution in [1.82, 2.24) is 15.0 Å². The molecule has 0 aliphatic heterocycles. The predicted molar refractivity (Wildman–Crippen MR) is 138 cm³/mol. The van der Waals surface area contributed by atoms with Gasteiger partial charge >= 0.3 is 0 Å². The van der Waals surface area contributed by atoms with E-state index in [0.717, 1.165) is 36.6 Å². The standard InChI is InChI=1S/C24H19ClN4O4S2/c25-14-5-7-15(8-6-14)29-23(33)21-16-2-1-3-19(16)35-22(21)27-24(29)34-12-20(32)28-26-11-13-4-9-17(30)18(31)10-13/h4-11,30-31H,1-3,12H2,(H,28,32)/b26-11+. The van der Waals surface area contributed by atoms with Crippen molar-refractivity contribution in [1.29, 1.82) is 0 Å². The minimum Gasteiger partial charge on any atom is -0.504 e. The Bertz CT molecular complexity index is 1530. The number of nitrogens with zero attached hydrogens (tertiary/aromatic N) is 3. The van der Waals surface area contributed by atoms with E-state index in [4.69, 9.17) is 16.6 Å². The van der Waals surface area contributed by atoms with Gasteiger partial charge in [-0.2, -0.15) is 5.10 Å². The maximum absolute atomic E-state index is 13.6. The van der Waals surface area contributed by atoms with Crippen LogP contribution >= 0.6 is 34.7 Å². The van der Waals surface area contributed by atoms with Gasteiger partial charge in [0.25, 0.3) is 11.5 Å². The number of aromatic nitrogens is 2. The van der Waals surface area contributed by atoms with Gasteiger partial charge in [-0.1, -0.05) is 23.4 Å². The second-order valence-electron chi connectivity index (χ2n) is 7.88. The van der Waals surface area contributed by atoms with Crippen LogP contribution in [0, 0.1) is 0 Å². The highest BCUT2D eigenvalue weighted by Crippen LogP contribution is 2.36. The highest BCUT2D eigenvalue weighted by molar-refractivity contribution is 7.99. The molecular weight excluding hydrogens is 508 g/mol. The fraction of sp³-hybridized carbons (Fsp3) is 0.167. The Hall–Kier alpha value is -3.34. The molecule has 5 rings (SSSR count). The van der Waals surface area contributed by atoms with E-state index in [0.29, 0.717) is 31.6 Å². The van der Waals surface area contributed by atoms with Crippen LogP contribution in [0.4, 0.5) is 0 Å². The highest BCUT2D eigenvalue weighted by atomic mass is 35.5. The van der Waals surface area contributed by atoms with Crippen LogP contribution in [0.5, 0.6) is 11.5 Å². The summed E-state index contributed by atoms with van der Waals surface area (Å²) in [6.07, 6.45) is 4.22. The molecule has 0 radical (unpaired) electrons. The van der Waals surface area contributed by atoms with E-state index in [9.17, 15) is 19.8 Å². The number of hydrogen-bond donors (Lipinski definition) is 3. The molecule has 2 heterocycles. The fourth-order valence-electron chi connectivity index (χ4n) is 3.90. The number of fused-ring (bicyclic) bond motifs is 3. The van der Waals surface area contributed by atoms with E-state index in [-0.39, 0.29) is 28.7 Å². The van der Waals surface area contributed by atoms with Crippen molar-refractivity contribution < 1.29 is 15.0 Å². The predicted octanol–water partition coefficient (Wildman–Crippen LogP) is 4.24. The van der Waals surface area contributed by atoms with Crippen molar-refractivity contribution in [2.45, 2.75) is 24.4 Å². The first-order valence-corrected chi connectivity index (χ1v) is 12.9. The molecule has 0 saturated carbocycles. The highest BCUT2D eigenvalue weighted by Gasteiger charge is 2.24. The summed E-state index contributed by atoms with van der Waals surface area (Å²) in [6, 6.07) is 11.1. The number of amides is 1. The summed E-state index contributed by atoms with van der Waals surface area (Å²) < 4.78 is 1.53. The Labute approximate surface area is 212 Å². The number of phenolic OH excluding ortho intramolecular Hbond substituents is 2. The van der Waals surface area contributed by atoms with Gasteiger partial charge in [-0.3, -0.25) is 14.2 Å². The van der Waals surface area contributed by atoms with Crippen LogP contribution in [0.3, 0.4) is 0 Å². The lowest BCUT2D eigenvalue weighted by atomic mass is 10.2. The normalized spacial score (nSPS) is 12.9. The third kappa shape index (κ3) is 4.77. The van der Waals surface area contributed by atoms with Crippen molar-refractivity contribution in [3.05, 3.63) is 73.8 Å². The van der Waals surface area contributed by atoms with Gasteiger partial charge in [-0.05, 0) is 72.9 Å². The first-order valence-electron chi connectivity index (χ1n) is 10.7. The number of halogens is 1. The van der Waals surface area contributed by atoms with E-state index in [2.05, 4.69) is 10.5 Å². The minimum absolute atomic E-state index is 0.0191. The van der Waals surface area contributed by atoms with Gasteiger partial charge in [0.15, 0.2) is 16.7 Å². The minimum atomic E-state index is -0.389. The molecule has 0 saturated heterocycles. The maximum Gasteiger partial charge on any atom is 0.267 e. The van der Waals surface area contributed by atoms with Crippen LogP contribution in [-0.4, -0.2) is 37.6 Å². The lowest BCUT2D eigenvalue weighted by Gasteiger charge is -2.12. The summed E-state index contributed by atoms with van der Waals surface area (Å²) in [7, 11) is 0. The summed E-state index contributed by atoms with van der Waals surface area (Å²) in [5.74, 6) is -0.930. The molecule has 11 heteroatoms. The summed E-state index contributed by atoms with van der Waals surface area (Å²) in [5.41, 5.74) is 4.49. The molecule has 2 aromatic carbocycles. The average molecular weight is 527 g/mol. The second kappa shape index (κ2) is 9.73. The molecule has 0 unspecified atom stereocenters. The third-order valence-electron chi connectivity index (χ3n) is 5.53. The molecule has 1 aliphatic rings. The Balaban J connectivity index is 1.40. The van der Waals surface area contributed by atoms with Gasteiger partial charge in [-0.25, -0.2) is 10.4 Å². The van der Waals surface area contributed by atoms with Crippen molar-refractivity contribution in [2.24, 2.45) is 5.10 Å². The summed E-state index contributed by atoms with van der Waals surface area (Å²) in [5, 5.41) is 24.4. The van der Waals surface area contributed by atoms with Gasteiger partial charge in [0.1, 0.15) is 4.83 Å². The number of hydrazone groups is 1. The number of aryl methyl sites for hydroxylation is 2. The topological polar surface area (TPSA) is 117 Å². The molecule has 4 aromatic rings. The number of thioether (sulfide) groups is 1.